The van der Waals surface area contributed by atoms with E-state index in [1.807, 2.05) is 12.1 Å². The number of guanidine groups is 1. The van der Waals surface area contributed by atoms with Gasteiger partial charge in [0.25, 0.3) is 0 Å². The first-order valence-electron chi connectivity index (χ1n) is 10.3. The van der Waals surface area contributed by atoms with Gasteiger partial charge in [0.05, 0.1) is 12.2 Å². The van der Waals surface area contributed by atoms with Gasteiger partial charge in [-0.25, -0.2) is 0 Å². The molecule has 1 saturated heterocycles. The molecule has 5 nitrogen and oxygen atoms in total. The summed E-state index contributed by atoms with van der Waals surface area (Å²) in [7, 11) is 3.42. The van der Waals surface area contributed by atoms with Crippen LogP contribution >= 0.6 is 24.0 Å². The van der Waals surface area contributed by atoms with E-state index in [2.05, 4.69) is 32.7 Å². The zero-order chi connectivity index (χ0) is 22.3. The van der Waals surface area contributed by atoms with Gasteiger partial charge in [0.2, 0.25) is 0 Å². The Labute approximate surface area is 204 Å². The molecule has 1 unspecified atom stereocenters. The fourth-order valence-corrected chi connectivity index (χ4v) is 3.65. The van der Waals surface area contributed by atoms with Gasteiger partial charge >= 0.3 is 6.18 Å². The average molecular weight is 562 g/mol. The van der Waals surface area contributed by atoms with Crippen molar-refractivity contribution >= 4 is 29.9 Å². The van der Waals surface area contributed by atoms with Gasteiger partial charge < -0.3 is 15.4 Å². The first kappa shape index (κ1) is 26.4. The number of nitrogens with one attached hydrogen (secondary N) is 2. The molecule has 0 bridgehead atoms. The molecule has 1 aliphatic rings. The molecule has 0 amide bonds. The van der Waals surface area contributed by atoms with E-state index in [1.165, 1.54) is 0 Å². The molecule has 0 saturated carbocycles. The second-order valence-corrected chi connectivity index (χ2v) is 7.74. The Bertz CT molecular complexity index is 857. The van der Waals surface area contributed by atoms with Gasteiger partial charge in [-0.15, -0.1) is 24.0 Å². The predicted octanol–water partition coefficient (Wildman–Crippen LogP) is 4.41. The predicted molar refractivity (Wildman–Crippen MR) is 131 cm³/mol. The van der Waals surface area contributed by atoms with Crippen molar-refractivity contribution in [3.63, 3.8) is 0 Å². The highest BCUT2D eigenvalue weighted by Gasteiger charge is 2.30. The molecule has 0 aromatic heterocycles. The first-order valence-corrected chi connectivity index (χ1v) is 10.3. The highest BCUT2D eigenvalue weighted by molar-refractivity contribution is 14.0. The summed E-state index contributed by atoms with van der Waals surface area (Å²) >= 11 is 0. The molecule has 1 aliphatic heterocycles. The van der Waals surface area contributed by atoms with Gasteiger partial charge in [-0.3, -0.25) is 9.89 Å². The Morgan fingerprint density at radius 2 is 1.69 bits per heavy atom. The zero-order valence-corrected chi connectivity index (χ0v) is 20.6. The zero-order valence-electron chi connectivity index (χ0n) is 18.3. The highest BCUT2D eigenvalue weighted by atomic mass is 127. The van der Waals surface area contributed by atoms with Crippen molar-refractivity contribution in [3.05, 3.63) is 70.8 Å². The van der Waals surface area contributed by atoms with Crippen LogP contribution in [0.4, 0.5) is 13.2 Å². The Morgan fingerprint density at radius 3 is 2.28 bits per heavy atom. The second kappa shape index (κ2) is 12.4. The molecule has 32 heavy (non-hydrogen) atoms. The lowest BCUT2D eigenvalue weighted by Crippen LogP contribution is -2.44. The van der Waals surface area contributed by atoms with Crippen LogP contribution in [0.2, 0.25) is 0 Å². The molecule has 1 atom stereocenters. The molecule has 2 aromatic carbocycles. The number of alkyl halides is 3. The van der Waals surface area contributed by atoms with Crippen LogP contribution in [-0.2, 0) is 30.6 Å². The molecule has 9 heteroatoms. The summed E-state index contributed by atoms with van der Waals surface area (Å²) in [5.74, 6) is 0.738. The fraction of sp³-hybridized carbons (Fsp3) is 0.435. The molecule has 176 valence electrons. The molecule has 0 spiro atoms. The summed E-state index contributed by atoms with van der Waals surface area (Å²) in [5.41, 5.74) is 2.56. The van der Waals surface area contributed by atoms with Crippen LogP contribution in [0.5, 0.6) is 0 Å². The van der Waals surface area contributed by atoms with E-state index in [9.17, 15) is 13.2 Å². The summed E-state index contributed by atoms with van der Waals surface area (Å²) < 4.78 is 43.3. The Kier molecular flexibility index (Phi) is 10.2. The SMILES string of the molecule is CN=C(NCc1ccc(COC)cc1)NC1CCN(Cc2ccc(C(F)(F)F)cc2)C1.I. The van der Waals surface area contributed by atoms with E-state index in [4.69, 9.17) is 4.74 Å². The van der Waals surface area contributed by atoms with Crippen LogP contribution < -0.4 is 10.6 Å². The number of hydrogen-bond donors (Lipinski definition) is 2. The van der Waals surface area contributed by atoms with Crippen LogP contribution in [0, 0.1) is 0 Å². The van der Waals surface area contributed by atoms with Crippen molar-refractivity contribution in [2.45, 2.75) is 38.3 Å². The normalized spacial score (nSPS) is 17.2. The van der Waals surface area contributed by atoms with Crippen molar-refractivity contribution in [2.75, 3.05) is 27.2 Å². The van der Waals surface area contributed by atoms with Crippen LogP contribution in [-0.4, -0.2) is 44.1 Å². The lowest BCUT2D eigenvalue weighted by atomic mass is 10.1. The topological polar surface area (TPSA) is 48.9 Å². The minimum atomic E-state index is -4.30. The van der Waals surface area contributed by atoms with E-state index in [0.29, 0.717) is 19.7 Å². The smallest absolute Gasteiger partial charge is 0.380 e. The molecule has 0 aliphatic carbocycles. The van der Waals surface area contributed by atoms with Gasteiger partial charge in [0, 0.05) is 46.4 Å². The fourth-order valence-electron chi connectivity index (χ4n) is 3.65. The minimum absolute atomic E-state index is 0. The van der Waals surface area contributed by atoms with Crippen LogP contribution in [0.25, 0.3) is 0 Å². The van der Waals surface area contributed by atoms with Crippen LogP contribution in [0.1, 0.15) is 28.7 Å². The Morgan fingerprint density at radius 1 is 1.06 bits per heavy atom. The van der Waals surface area contributed by atoms with Crippen molar-refractivity contribution in [1.82, 2.24) is 15.5 Å². The van der Waals surface area contributed by atoms with E-state index in [-0.39, 0.29) is 30.0 Å². The molecule has 3 rings (SSSR count). The van der Waals surface area contributed by atoms with E-state index in [0.717, 1.165) is 54.3 Å². The van der Waals surface area contributed by atoms with Crippen molar-refractivity contribution < 1.29 is 17.9 Å². The number of halogens is 4. The van der Waals surface area contributed by atoms with Crippen molar-refractivity contribution in [3.8, 4) is 0 Å². The summed E-state index contributed by atoms with van der Waals surface area (Å²) in [6.07, 6.45) is -3.34. The van der Waals surface area contributed by atoms with Gasteiger partial charge in [0.1, 0.15) is 0 Å². The molecule has 0 radical (unpaired) electrons. The number of likely N-dealkylation sites (tertiary alicyclic amines) is 1. The molecule has 2 N–H and O–H groups in total. The molecular formula is C23H30F3IN4O. The maximum absolute atomic E-state index is 12.7. The number of benzene rings is 2. The van der Waals surface area contributed by atoms with Gasteiger partial charge in [-0.05, 0) is 35.2 Å². The molecule has 1 fully saturated rings. The first-order chi connectivity index (χ1) is 14.9. The van der Waals surface area contributed by atoms with Gasteiger partial charge in [-0.2, -0.15) is 13.2 Å². The molecule has 2 aromatic rings. The van der Waals surface area contributed by atoms with E-state index in [1.54, 1.807) is 26.3 Å². The van der Waals surface area contributed by atoms with Crippen molar-refractivity contribution in [2.24, 2.45) is 4.99 Å². The number of hydrogen-bond acceptors (Lipinski definition) is 3. The third-order valence-corrected chi connectivity index (χ3v) is 5.32. The lowest BCUT2D eigenvalue weighted by molar-refractivity contribution is -0.137. The monoisotopic (exact) mass is 562 g/mol. The summed E-state index contributed by atoms with van der Waals surface area (Å²) in [4.78, 5) is 6.54. The summed E-state index contributed by atoms with van der Waals surface area (Å²) in [6, 6.07) is 13.9. The van der Waals surface area contributed by atoms with Crippen LogP contribution in [0.15, 0.2) is 53.5 Å². The summed E-state index contributed by atoms with van der Waals surface area (Å²) in [5, 5.41) is 6.77. The minimum Gasteiger partial charge on any atom is -0.380 e. The third-order valence-electron chi connectivity index (χ3n) is 5.32. The van der Waals surface area contributed by atoms with E-state index < -0.39 is 11.7 Å². The van der Waals surface area contributed by atoms with Crippen molar-refractivity contribution in [1.29, 1.82) is 0 Å². The third kappa shape index (κ3) is 7.93. The maximum Gasteiger partial charge on any atom is 0.416 e. The quantitative estimate of drug-likeness (QED) is 0.299. The molecule has 1 heterocycles. The lowest BCUT2D eigenvalue weighted by Gasteiger charge is -2.19. The maximum atomic E-state index is 12.7. The number of aliphatic imine (C=N–C) groups is 1. The average Bonchev–Trinajstić information content (AvgIpc) is 3.19. The number of nitrogens with zero attached hydrogens (tertiary/aromatic N) is 2. The number of methoxy groups -OCH3 is 1. The highest BCUT2D eigenvalue weighted by Crippen LogP contribution is 2.29. The second-order valence-electron chi connectivity index (χ2n) is 7.74. The number of rotatable bonds is 7. The van der Waals surface area contributed by atoms with Crippen LogP contribution in [0.3, 0.4) is 0 Å². The van der Waals surface area contributed by atoms with E-state index >= 15 is 0 Å². The van der Waals surface area contributed by atoms with Gasteiger partial charge in [0.15, 0.2) is 5.96 Å². The van der Waals surface area contributed by atoms with Gasteiger partial charge in [-0.1, -0.05) is 36.4 Å². The largest absolute Gasteiger partial charge is 0.416 e. The Balaban J connectivity index is 0.00000363. The standard InChI is InChI=1S/C23H29F3N4O.HI/c1-27-22(28-13-17-3-5-19(6-4-17)16-31-2)29-21-11-12-30(15-21)14-18-7-9-20(10-8-18)23(24,25)26;/h3-10,21H,11-16H2,1-2H3,(H2,27,28,29);1H. The number of ether oxygens (including phenoxy) is 1. The summed E-state index contributed by atoms with van der Waals surface area (Å²) in [6.45, 7) is 3.59. The Hall–Kier alpha value is -1.85. The molecular weight excluding hydrogens is 532 g/mol.